The molecule has 3 aromatic heterocycles. The summed E-state index contributed by atoms with van der Waals surface area (Å²) in [4.78, 5) is 27.3. The van der Waals surface area contributed by atoms with Crippen LogP contribution in [0.3, 0.4) is 0 Å². The Bertz CT molecular complexity index is 1420. The molecule has 0 bridgehead atoms. The zero-order chi connectivity index (χ0) is 25.2. The predicted molar refractivity (Wildman–Crippen MR) is 122 cm³/mol. The van der Waals surface area contributed by atoms with E-state index in [1.807, 2.05) is 0 Å². The molecular weight excluding hydrogens is 483 g/mol. The number of benzene rings is 1. The van der Waals surface area contributed by atoms with Gasteiger partial charge in [-0.1, -0.05) is 17.5 Å². The van der Waals surface area contributed by atoms with Crippen LogP contribution in [0.25, 0.3) is 10.9 Å². The first-order valence-corrected chi connectivity index (χ1v) is 10.3. The quantitative estimate of drug-likeness (QED) is 0.413. The second-order valence-electron chi connectivity index (χ2n) is 7.28. The van der Waals surface area contributed by atoms with E-state index in [1.165, 1.54) is 23.4 Å². The molecule has 0 aliphatic carbocycles. The minimum absolute atomic E-state index is 0.0841. The molecule has 1 aromatic carbocycles. The van der Waals surface area contributed by atoms with Crippen molar-refractivity contribution >= 4 is 34.2 Å². The number of anilines is 1. The lowest BCUT2D eigenvalue weighted by Gasteiger charge is -2.27. The van der Waals surface area contributed by atoms with E-state index in [-0.39, 0.29) is 34.5 Å². The normalized spacial score (nSPS) is 12.2. The zero-order valence-corrected chi connectivity index (χ0v) is 18.5. The third-order valence-electron chi connectivity index (χ3n) is 4.95. The summed E-state index contributed by atoms with van der Waals surface area (Å²) in [7, 11) is 0. The molecule has 0 unspecified atom stereocenters. The Hall–Kier alpha value is -4.30. The molecule has 0 saturated carbocycles. The molecule has 35 heavy (non-hydrogen) atoms. The number of carbonyl (C=O) groups is 1. The summed E-state index contributed by atoms with van der Waals surface area (Å²) in [5.74, 6) is 2.24. The van der Waals surface area contributed by atoms with Gasteiger partial charge in [-0.05, 0) is 42.5 Å². The highest BCUT2D eigenvalue weighted by atomic mass is 35.5. The highest BCUT2D eigenvalue weighted by molar-refractivity contribution is 6.33. The molecule has 0 radical (unpaired) electrons. The molecule has 0 saturated heterocycles. The number of nitrogen functional groups attached to an aromatic ring is 1. The van der Waals surface area contributed by atoms with Gasteiger partial charge in [0.1, 0.15) is 5.82 Å². The van der Waals surface area contributed by atoms with Crippen molar-refractivity contribution < 1.29 is 18.0 Å². The van der Waals surface area contributed by atoms with Gasteiger partial charge >= 0.3 is 6.18 Å². The topological polar surface area (TPSA) is 111 Å². The Balaban J connectivity index is 1.75. The van der Waals surface area contributed by atoms with E-state index in [4.69, 9.17) is 23.8 Å². The highest BCUT2D eigenvalue weighted by Crippen LogP contribution is 2.28. The third kappa shape index (κ3) is 5.12. The van der Waals surface area contributed by atoms with Gasteiger partial charge in [0, 0.05) is 23.3 Å². The van der Waals surface area contributed by atoms with E-state index in [0.717, 1.165) is 12.1 Å². The van der Waals surface area contributed by atoms with E-state index >= 15 is 0 Å². The van der Waals surface area contributed by atoms with Gasteiger partial charge in [0.05, 0.1) is 22.8 Å². The largest absolute Gasteiger partial charge is 0.435 e. The fraction of sp³-hybridized carbons (Fsp3) is 0.130. The summed E-state index contributed by atoms with van der Waals surface area (Å²) in [5, 5.41) is 7.62. The molecule has 0 aliphatic rings. The number of halogens is 4. The molecule has 8 nitrogen and oxygen atoms in total. The Morgan fingerprint density at radius 1 is 1.14 bits per heavy atom. The van der Waals surface area contributed by atoms with Crippen LogP contribution in [0.2, 0.25) is 5.02 Å². The van der Waals surface area contributed by atoms with Crippen LogP contribution in [0.15, 0.2) is 54.9 Å². The van der Waals surface area contributed by atoms with Crippen molar-refractivity contribution in [3.63, 3.8) is 0 Å². The number of nitrogens with zero attached hydrogens (tertiary/aromatic N) is 6. The first-order chi connectivity index (χ1) is 16.7. The number of fused-ring (bicyclic) bond motifs is 1. The number of amides is 1. The van der Waals surface area contributed by atoms with Gasteiger partial charge < -0.3 is 10.6 Å². The molecule has 0 spiro atoms. The Morgan fingerprint density at radius 2 is 1.89 bits per heavy atom. The molecule has 1 atom stereocenters. The van der Waals surface area contributed by atoms with Crippen LogP contribution in [0.5, 0.6) is 0 Å². The van der Waals surface area contributed by atoms with Gasteiger partial charge in [0.15, 0.2) is 17.6 Å². The van der Waals surface area contributed by atoms with Crippen molar-refractivity contribution in [1.29, 1.82) is 0 Å². The van der Waals surface area contributed by atoms with Crippen LogP contribution in [-0.2, 0) is 12.7 Å². The number of pyridine rings is 1. The first kappa shape index (κ1) is 23.8. The standard InChI is InChI=1S/C23H15ClF3N7O/c1-2-18(21-29-8-3-9-30-21)34(12-15-5-7-19(33-32-15)23(25,26)27)22(35)13-4-6-17-14(10-13)11-16(24)20(28)31-17/h1,3-11,18H,12H2,(H2,28,31)/t18-/m1/s1. The third-order valence-corrected chi connectivity index (χ3v) is 5.25. The summed E-state index contributed by atoms with van der Waals surface area (Å²) < 4.78 is 38.7. The van der Waals surface area contributed by atoms with Gasteiger partial charge in [-0.15, -0.1) is 11.5 Å². The molecule has 176 valence electrons. The molecular formula is C23H15ClF3N7O. The SMILES string of the molecule is C#C[C@H](c1ncccn1)N(Cc1ccc(C(F)(F)F)nn1)C(=O)c1ccc2nc(N)c(Cl)cc2c1. The second kappa shape index (κ2) is 9.52. The number of aromatic nitrogens is 5. The molecule has 0 aliphatic heterocycles. The van der Waals surface area contributed by atoms with Gasteiger partial charge in [-0.3, -0.25) is 4.79 Å². The minimum atomic E-state index is -4.65. The van der Waals surface area contributed by atoms with Crippen LogP contribution < -0.4 is 5.73 Å². The number of nitrogens with two attached hydrogens (primary N) is 1. The Labute approximate surface area is 202 Å². The highest BCUT2D eigenvalue weighted by Gasteiger charge is 2.33. The molecule has 0 fully saturated rings. The average Bonchev–Trinajstić information content (AvgIpc) is 2.84. The minimum Gasteiger partial charge on any atom is -0.382 e. The first-order valence-electron chi connectivity index (χ1n) is 9.97. The molecule has 4 rings (SSSR count). The van der Waals surface area contributed by atoms with Crippen LogP contribution in [0, 0.1) is 12.3 Å². The van der Waals surface area contributed by atoms with E-state index in [2.05, 4.69) is 31.1 Å². The second-order valence-corrected chi connectivity index (χ2v) is 7.69. The molecule has 3 heterocycles. The lowest BCUT2D eigenvalue weighted by Crippen LogP contribution is -2.35. The van der Waals surface area contributed by atoms with E-state index in [0.29, 0.717) is 10.9 Å². The lowest BCUT2D eigenvalue weighted by atomic mass is 10.1. The van der Waals surface area contributed by atoms with Gasteiger partial charge in [-0.2, -0.15) is 18.3 Å². The summed E-state index contributed by atoms with van der Waals surface area (Å²) in [6.45, 7) is -0.254. The number of terminal acetylenes is 1. The maximum absolute atomic E-state index is 13.6. The molecule has 2 N–H and O–H groups in total. The van der Waals surface area contributed by atoms with Gasteiger partial charge in [0.25, 0.3) is 5.91 Å². The van der Waals surface area contributed by atoms with Crippen LogP contribution in [0.4, 0.5) is 19.0 Å². The van der Waals surface area contributed by atoms with Crippen molar-refractivity contribution in [2.45, 2.75) is 18.8 Å². The maximum atomic E-state index is 13.6. The van der Waals surface area contributed by atoms with Crippen LogP contribution in [-0.4, -0.2) is 36.0 Å². The Morgan fingerprint density at radius 3 is 2.51 bits per heavy atom. The van der Waals surface area contributed by atoms with Crippen molar-refractivity contribution in [3.8, 4) is 12.3 Å². The van der Waals surface area contributed by atoms with Gasteiger partial charge in [0.2, 0.25) is 0 Å². The summed E-state index contributed by atoms with van der Waals surface area (Å²) in [5.41, 5.74) is 5.40. The maximum Gasteiger partial charge on any atom is 0.435 e. The summed E-state index contributed by atoms with van der Waals surface area (Å²) in [6, 6.07) is 8.69. The molecule has 1 amide bonds. The number of alkyl halides is 3. The number of hydrogen-bond acceptors (Lipinski definition) is 7. The van der Waals surface area contributed by atoms with Crippen molar-refractivity contribution in [2.75, 3.05) is 5.73 Å². The van der Waals surface area contributed by atoms with E-state index < -0.39 is 23.8 Å². The fourth-order valence-corrected chi connectivity index (χ4v) is 3.43. The smallest absolute Gasteiger partial charge is 0.382 e. The average molecular weight is 498 g/mol. The molecule has 12 heteroatoms. The van der Waals surface area contributed by atoms with Crippen molar-refractivity contribution in [2.24, 2.45) is 0 Å². The summed E-state index contributed by atoms with van der Waals surface area (Å²) >= 11 is 6.07. The lowest BCUT2D eigenvalue weighted by molar-refractivity contribution is -0.141. The zero-order valence-electron chi connectivity index (χ0n) is 17.7. The Kier molecular flexibility index (Phi) is 6.48. The van der Waals surface area contributed by atoms with E-state index in [1.54, 1.807) is 24.3 Å². The number of rotatable bonds is 5. The monoisotopic (exact) mass is 497 g/mol. The van der Waals surface area contributed by atoms with Crippen molar-refractivity contribution in [1.82, 2.24) is 30.0 Å². The number of carbonyl (C=O) groups excluding carboxylic acids is 1. The van der Waals surface area contributed by atoms with Gasteiger partial charge in [-0.25, -0.2) is 15.0 Å². The summed E-state index contributed by atoms with van der Waals surface area (Å²) in [6.07, 6.45) is 4.00. The fourth-order valence-electron chi connectivity index (χ4n) is 3.27. The van der Waals surface area contributed by atoms with Crippen LogP contribution >= 0.6 is 11.6 Å². The van der Waals surface area contributed by atoms with E-state index in [9.17, 15) is 18.0 Å². The number of hydrogen-bond donors (Lipinski definition) is 1. The predicted octanol–water partition coefficient (Wildman–Crippen LogP) is 4.09. The van der Waals surface area contributed by atoms with Crippen LogP contribution in [0.1, 0.15) is 33.6 Å². The molecule has 4 aromatic rings. The van der Waals surface area contributed by atoms with Crippen molar-refractivity contribution in [3.05, 3.63) is 82.7 Å².